The number of ether oxygens (including phenoxy) is 1. The number of fused-ring (bicyclic) bond motifs is 1. The Balaban J connectivity index is 2.35. The lowest BCUT2D eigenvalue weighted by Crippen LogP contribution is -2.06. The third-order valence-corrected chi connectivity index (χ3v) is 2.84. The lowest BCUT2D eigenvalue weighted by Gasteiger charge is -2.08. The quantitative estimate of drug-likeness (QED) is 0.849. The monoisotopic (exact) mass is 281 g/mol. The van der Waals surface area contributed by atoms with E-state index < -0.39 is 0 Å². The maximum Gasteiger partial charge on any atom is 0.226 e. The van der Waals surface area contributed by atoms with Crippen LogP contribution in [0.2, 0.25) is 0 Å². The van der Waals surface area contributed by atoms with Crippen LogP contribution >= 0.6 is 0 Å². The van der Waals surface area contributed by atoms with E-state index in [1.54, 1.807) is 12.3 Å². The molecule has 0 saturated heterocycles. The molecule has 0 fully saturated rings. The lowest BCUT2D eigenvalue weighted by molar-refractivity contribution is 0.264. The first kappa shape index (κ1) is 14.5. The minimum absolute atomic E-state index is 0.0887. The van der Waals surface area contributed by atoms with Gasteiger partial charge in [0.05, 0.1) is 12.0 Å². The lowest BCUT2D eigenvalue weighted by atomic mass is 10.1. The van der Waals surface area contributed by atoms with Crippen LogP contribution in [0, 0.1) is 28.6 Å². The molecule has 1 N–H and O–H groups in total. The molecule has 21 heavy (non-hydrogen) atoms. The fourth-order valence-corrected chi connectivity index (χ4v) is 1.84. The van der Waals surface area contributed by atoms with Gasteiger partial charge in [-0.25, -0.2) is 9.97 Å². The average Bonchev–Trinajstić information content (AvgIpc) is 2.90. The fourth-order valence-electron chi connectivity index (χ4n) is 1.84. The van der Waals surface area contributed by atoms with Gasteiger partial charge >= 0.3 is 0 Å². The van der Waals surface area contributed by atoms with Gasteiger partial charge in [-0.15, -0.1) is 0 Å². The maximum atomic E-state index is 8.77. The number of hydrogen-bond donors (Lipinski definition) is 1. The van der Waals surface area contributed by atoms with Crippen LogP contribution in [-0.2, 0) is 6.42 Å². The highest BCUT2D eigenvalue weighted by Gasteiger charge is 2.12. The van der Waals surface area contributed by atoms with Gasteiger partial charge in [0.1, 0.15) is 29.7 Å². The minimum Gasteiger partial charge on any atom is -0.477 e. The van der Waals surface area contributed by atoms with Crippen LogP contribution in [0.15, 0.2) is 24.2 Å². The second kappa shape index (κ2) is 6.53. The van der Waals surface area contributed by atoms with E-state index in [4.69, 9.17) is 15.3 Å². The van der Waals surface area contributed by atoms with Crippen LogP contribution in [-0.4, -0.2) is 21.6 Å². The third kappa shape index (κ3) is 3.37. The van der Waals surface area contributed by atoms with Crippen LogP contribution in [0.4, 0.5) is 0 Å². The van der Waals surface area contributed by atoms with Crippen LogP contribution < -0.4 is 4.74 Å². The van der Waals surface area contributed by atoms with Crippen LogP contribution in [0.25, 0.3) is 11.0 Å². The summed E-state index contributed by atoms with van der Waals surface area (Å²) in [4.78, 5) is 11.4. The number of aromatic amines is 1. The molecule has 2 heterocycles. The first-order valence-corrected chi connectivity index (χ1v) is 6.59. The van der Waals surface area contributed by atoms with Gasteiger partial charge in [-0.3, -0.25) is 0 Å². The Hall–Kier alpha value is -2.86. The number of allylic oxidation sites excluding steroid dienone is 2. The summed E-state index contributed by atoms with van der Waals surface area (Å²) in [5, 5.41) is 18.3. The van der Waals surface area contributed by atoms with Gasteiger partial charge in [-0.1, -0.05) is 19.9 Å². The van der Waals surface area contributed by atoms with Gasteiger partial charge in [-0.05, 0) is 17.9 Å². The molecule has 0 radical (unpaired) electrons. The van der Waals surface area contributed by atoms with Gasteiger partial charge in [-0.2, -0.15) is 10.5 Å². The highest BCUT2D eigenvalue weighted by atomic mass is 16.5. The SMILES string of the molecule is CC(C)COc1ncnc2[nH]cc(CC=C(C#N)C#N)c12. The van der Waals surface area contributed by atoms with Crippen molar-refractivity contribution in [1.82, 2.24) is 15.0 Å². The Morgan fingerprint density at radius 1 is 1.38 bits per heavy atom. The second-order valence-corrected chi connectivity index (χ2v) is 4.97. The Kier molecular flexibility index (Phi) is 4.53. The van der Waals surface area contributed by atoms with E-state index in [0.717, 1.165) is 10.9 Å². The zero-order chi connectivity index (χ0) is 15.2. The number of hydrogen-bond acceptors (Lipinski definition) is 5. The molecule has 0 aliphatic heterocycles. The first-order chi connectivity index (χ1) is 10.2. The normalized spacial score (nSPS) is 10.1. The minimum atomic E-state index is 0.0887. The predicted octanol–water partition coefficient (Wildman–Crippen LogP) is 2.51. The molecule has 0 aromatic carbocycles. The summed E-state index contributed by atoms with van der Waals surface area (Å²) in [6.07, 6.45) is 5.28. The van der Waals surface area contributed by atoms with E-state index in [0.29, 0.717) is 30.5 Å². The van der Waals surface area contributed by atoms with E-state index in [-0.39, 0.29) is 5.57 Å². The van der Waals surface area contributed by atoms with E-state index >= 15 is 0 Å². The van der Waals surface area contributed by atoms with Crippen molar-refractivity contribution in [3.8, 4) is 18.0 Å². The van der Waals surface area contributed by atoms with Crippen molar-refractivity contribution in [3.63, 3.8) is 0 Å². The Labute approximate surface area is 122 Å². The van der Waals surface area contributed by atoms with E-state index in [2.05, 4.69) is 28.8 Å². The smallest absolute Gasteiger partial charge is 0.226 e. The molecule has 0 atom stereocenters. The molecular weight excluding hydrogens is 266 g/mol. The van der Waals surface area contributed by atoms with E-state index in [1.807, 2.05) is 12.1 Å². The maximum absolute atomic E-state index is 8.77. The number of aromatic nitrogens is 3. The van der Waals surface area contributed by atoms with Gasteiger partial charge < -0.3 is 9.72 Å². The van der Waals surface area contributed by atoms with Crippen molar-refractivity contribution in [2.75, 3.05) is 6.61 Å². The van der Waals surface area contributed by atoms with Crippen LogP contribution in [0.3, 0.4) is 0 Å². The fraction of sp³-hybridized carbons (Fsp3) is 0.333. The molecule has 2 rings (SSSR count). The van der Waals surface area contributed by atoms with Crippen LogP contribution in [0.5, 0.6) is 5.88 Å². The van der Waals surface area contributed by atoms with Crippen molar-refractivity contribution < 1.29 is 4.74 Å². The molecule has 0 aliphatic rings. The summed E-state index contributed by atoms with van der Waals surface area (Å²) >= 11 is 0. The highest BCUT2D eigenvalue weighted by Crippen LogP contribution is 2.26. The number of H-pyrrole nitrogens is 1. The third-order valence-electron chi connectivity index (χ3n) is 2.84. The number of nitrogens with zero attached hydrogens (tertiary/aromatic N) is 4. The molecule has 0 aliphatic carbocycles. The zero-order valence-corrected chi connectivity index (χ0v) is 11.9. The summed E-state index contributed by atoms with van der Waals surface area (Å²) in [6.45, 7) is 4.69. The summed E-state index contributed by atoms with van der Waals surface area (Å²) in [7, 11) is 0. The van der Waals surface area contributed by atoms with Gasteiger partial charge in [0.2, 0.25) is 5.88 Å². The van der Waals surface area contributed by atoms with Crippen molar-refractivity contribution in [3.05, 3.63) is 29.7 Å². The molecule has 0 spiro atoms. The number of rotatable bonds is 5. The molecule has 6 heteroatoms. The van der Waals surface area contributed by atoms with E-state index in [9.17, 15) is 0 Å². The zero-order valence-electron chi connectivity index (χ0n) is 11.9. The van der Waals surface area contributed by atoms with Crippen molar-refractivity contribution in [2.24, 2.45) is 5.92 Å². The molecule has 0 unspecified atom stereocenters. The molecular formula is C15H15N5O. The van der Waals surface area contributed by atoms with Crippen molar-refractivity contribution in [1.29, 1.82) is 10.5 Å². The molecule has 6 nitrogen and oxygen atoms in total. The number of nitrogens with one attached hydrogen (secondary N) is 1. The topological polar surface area (TPSA) is 98.4 Å². The van der Waals surface area contributed by atoms with Crippen molar-refractivity contribution in [2.45, 2.75) is 20.3 Å². The molecule has 2 aromatic heterocycles. The average molecular weight is 281 g/mol. The van der Waals surface area contributed by atoms with Gasteiger partial charge in [0.15, 0.2) is 0 Å². The summed E-state index contributed by atoms with van der Waals surface area (Å²) in [5.41, 5.74) is 1.67. The largest absolute Gasteiger partial charge is 0.477 e. The first-order valence-electron chi connectivity index (χ1n) is 6.59. The standard InChI is InChI=1S/C15H15N5O/c1-10(2)8-21-15-13-12(4-3-11(5-16)6-17)7-18-14(13)19-9-20-15/h3,7,9-10H,4,8H2,1-2H3,(H,18,19,20). The molecule has 0 saturated carbocycles. The Bertz CT molecular complexity index is 729. The second-order valence-electron chi connectivity index (χ2n) is 4.97. The predicted molar refractivity (Wildman–Crippen MR) is 77.2 cm³/mol. The van der Waals surface area contributed by atoms with E-state index in [1.165, 1.54) is 6.33 Å². The summed E-state index contributed by atoms with van der Waals surface area (Å²) < 4.78 is 5.72. The van der Waals surface area contributed by atoms with Gasteiger partial charge in [0.25, 0.3) is 0 Å². The van der Waals surface area contributed by atoms with Crippen LogP contribution in [0.1, 0.15) is 19.4 Å². The highest BCUT2D eigenvalue weighted by molar-refractivity contribution is 5.84. The van der Waals surface area contributed by atoms with Gasteiger partial charge in [0, 0.05) is 6.20 Å². The molecule has 106 valence electrons. The Morgan fingerprint density at radius 2 is 2.14 bits per heavy atom. The number of nitriles is 2. The Morgan fingerprint density at radius 3 is 2.81 bits per heavy atom. The summed E-state index contributed by atoms with van der Waals surface area (Å²) in [5.74, 6) is 0.912. The molecule has 0 amide bonds. The molecule has 0 bridgehead atoms. The molecule has 2 aromatic rings. The summed E-state index contributed by atoms with van der Waals surface area (Å²) in [6, 6.07) is 3.69. The van der Waals surface area contributed by atoms with Crippen molar-refractivity contribution >= 4 is 11.0 Å².